The molecule has 0 aliphatic rings. The van der Waals surface area contributed by atoms with Gasteiger partial charge in [0.25, 0.3) is 0 Å². The third kappa shape index (κ3) is 4.05. The maximum absolute atomic E-state index is 6.05. The maximum Gasteiger partial charge on any atom is 0.107 e. The van der Waals surface area contributed by atoms with Crippen LogP contribution in [0.4, 0.5) is 0 Å². The summed E-state index contributed by atoms with van der Waals surface area (Å²) >= 11 is 14.5. The van der Waals surface area contributed by atoms with Gasteiger partial charge in [-0.15, -0.1) is 11.3 Å². The molecule has 0 saturated heterocycles. The molecule has 0 spiro atoms. The van der Waals surface area contributed by atoms with E-state index in [9.17, 15) is 0 Å². The minimum atomic E-state index is -0.0797. The highest BCUT2D eigenvalue weighted by molar-refractivity contribution is 9.10. The van der Waals surface area contributed by atoms with Crippen molar-refractivity contribution in [3.8, 4) is 0 Å². The molecule has 1 aromatic heterocycles. The highest BCUT2D eigenvalue weighted by atomic mass is 79.9. The topological polar surface area (TPSA) is 12.0 Å². The van der Waals surface area contributed by atoms with Gasteiger partial charge in [0.15, 0.2) is 0 Å². The van der Waals surface area contributed by atoms with Crippen LogP contribution in [0.3, 0.4) is 0 Å². The summed E-state index contributed by atoms with van der Waals surface area (Å²) in [5.41, 5.74) is 1.18. The molecule has 0 unspecified atom stereocenters. The lowest BCUT2D eigenvalue weighted by Crippen LogP contribution is -2.35. The van der Waals surface area contributed by atoms with Gasteiger partial charge in [-0.25, -0.2) is 0 Å². The molecule has 0 saturated carbocycles. The summed E-state index contributed by atoms with van der Waals surface area (Å²) < 4.78 is 2.87. The Kier molecular flexibility index (Phi) is 5.12. The Labute approximate surface area is 139 Å². The molecule has 2 aromatic rings. The Morgan fingerprint density at radius 3 is 2.37 bits per heavy atom. The zero-order valence-corrected chi connectivity index (χ0v) is 15.4. The van der Waals surface area contributed by atoms with Crippen molar-refractivity contribution in [1.82, 2.24) is 5.32 Å². The summed E-state index contributed by atoms with van der Waals surface area (Å²) in [5, 5.41) is 3.57. The van der Waals surface area contributed by atoms with E-state index in [1.54, 1.807) is 11.3 Å². The first kappa shape index (κ1) is 15.5. The lowest BCUT2D eigenvalue weighted by atomic mass is 9.94. The van der Waals surface area contributed by atoms with Crippen molar-refractivity contribution in [1.29, 1.82) is 0 Å². The van der Waals surface area contributed by atoms with Crippen LogP contribution in [0.1, 0.15) is 24.3 Å². The van der Waals surface area contributed by atoms with E-state index in [0.29, 0.717) is 0 Å². The third-order valence-electron chi connectivity index (χ3n) is 2.97. The summed E-state index contributed by atoms with van der Waals surface area (Å²) in [4.78, 5) is 1.22. The Balaban J connectivity index is 2.06. The van der Waals surface area contributed by atoms with Crippen LogP contribution in [0, 0.1) is 0 Å². The van der Waals surface area contributed by atoms with Crippen LogP contribution in [0.25, 0.3) is 0 Å². The van der Waals surface area contributed by atoms with Crippen molar-refractivity contribution >= 4 is 54.8 Å². The average molecular weight is 424 g/mol. The van der Waals surface area contributed by atoms with Crippen LogP contribution in [0.5, 0.6) is 0 Å². The molecule has 0 fully saturated rings. The molecule has 102 valence electrons. The summed E-state index contributed by atoms with van der Waals surface area (Å²) in [7, 11) is 0. The SMILES string of the molecule is CC(C)(NCc1cc(Br)c(Cl)s1)c1ccc(Br)cc1. The van der Waals surface area contributed by atoms with Gasteiger partial charge >= 0.3 is 0 Å². The molecule has 5 heteroatoms. The number of halogens is 3. The van der Waals surface area contributed by atoms with E-state index in [-0.39, 0.29) is 5.54 Å². The van der Waals surface area contributed by atoms with E-state index in [1.165, 1.54) is 10.4 Å². The van der Waals surface area contributed by atoms with Gasteiger partial charge in [-0.05, 0) is 53.5 Å². The number of nitrogens with one attached hydrogen (secondary N) is 1. The summed E-state index contributed by atoms with van der Waals surface area (Å²) in [5.74, 6) is 0. The first-order valence-corrected chi connectivity index (χ1v) is 8.61. The van der Waals surface area contributed by atoms with Gasteiger partial charge in [-0.2, -0.15) is 0 Å². The first-order valence-electron chi connectivity index (χ1n) is 5.83. The lowest BCUT2D eigenvalue weighted by Gasteiger charge is -2.27. The van der Waals surface area contributed by atoms with Crippen molar-refractivity contribution < 1.29 is 0 Å². The normalized spacial score (nSPS) is 11.8. The van der Waals surface area contributed by atoms with Gasteiger partial charge in [0.1, 0.15) is 4.34 Å². The molecule has 0 radical (unpaired) electrons. The number of thiophene rings is 1. The van der Waals surface area contributed by atoms with Gasteiger partial charge in [0, 0.05) is 25.9 Å². The number of hydrogen-bond acceptors (Lipinski definition) is 2. The lowest BCUT2D eigenvalue weighted by molar-refractivity contribution is 0.403. The van der Waals surface area contributed by atoms with E-state index in [1.807, 2.05) is 0 Å². The molecule has 0 aliphatic heterocycles. The quantitative estimate of drug-likeness (QED) is 0.641. The molecular weight excluding hydrogens is 409 g/mol. The fraction of sp³-hybridized carbons (Fsp3) is 0.286. The Morgan fingerprint density at radius 1 is 1.21 bits per heavy atom. The van der Waals surface area contributed by atoms with Crippen LogP contribution in [0.2, 0.25) is 4.34 Å². The molecule has 1 heterocycles. The van der Waals surface area contributed by atoms with Crippen LogP contribution in [-0.2, 0) is 12.1 Å². The minimum absolute atomic E-state index is 0.0797. The van der Waals surface area contributed by atoms with Gasteiger partial charge < -0.3 is 5.32 Å². The van der Waals surface area contributed by atoms with E-state index in [2.05, 4.69) is 81.4 Å². The molecule has 0 atom stereocenters. The zero-order valence-electron chi connectivity index (χ0n) is 10.6. The van der Waals surface area contributed by atoms with E-state index in [0.717, 1.165) is 19.8 Å². The van der Waals surface area contributed by atoms with Crippen LogP contribution < -0.4 is 5.32 Å². The third-order valence-corrected chi connectivity index (χ3v) is 5.97. The molecule has 2 rings (SSSR count). The largest absolute Gasteiger partial charge is 0.303 e. The van der Waals surface area contributed by atoms with Crippen LogP contribution in [-0.4, -0.2) is 0 Å². The Morgan fingerprint density at radius 2 is 1.84 bits per heavy atom. The molecule has 0 amide bonds. The highest BCUT2D eigenvalue weighted by Crippen LogP contribution is 2.32. The van der Waals surface area contributed by atoms with Crippen molar-refractivity contribution in [2.75, 3.05) is 0 Å². The van der Waals surface area contributed by atoms with E-state index in [4.69, 9.17) is 11.6 Å². The number of rotatable bonds is 4. The summed E-state index contributed by atoms with van der Waals surface area (Å²) in [6.45, 7) is 5.17. The molecule has 1 N–H and O–H groups in total. The standard InChI is InChI=1S/C14H14Br2ClNS/c1-14(2,9-3-5-10(15)6-4-9)18-8-11-7-12(16)13(17)19-11/h3-7,18H,8H2,1-2H3. The fourth-order valence-electron chi connectivity index (χ4n) is 1.76. The Bertz CT molecular complexity index is 544. The minimum Gasteiger partial charge on any atom is -0.303 e. The van der Waals surface area contributed by atoms with Crippen molar-refractivity contribution in [2.45, 2.75) is 25.9 Å². The zero-order chi connectivity index (χ0) is 14.0. The second-order valence-corrected chi connectivity index (χ2v) is 8.33. The monoisotopic (exact) mass is 421 g/mol. The average Bonchev–Trinajstić information content (AvgIpc) is 2.67. The molecule has 0 bridgehead atoms. The Hall–Kier alpha value is 0.130. The van der Waals surface area contributed by atoms with Crippen molar-refractivity contribution in [2.24, 2.45) is 0 Å². The molecule has 19 heavy (non-hydrogen) atoms. The van der Waals surface area contributed by atoms with Gasteiger partial charge in [0.05, 0.1) is 0 Å². The van der Waals surface area contributed by atoms with Crippen molar-refractivity contribution in [3.05, 3.63) is 54.1 Å². The summed E-state index contributed by atoms with van der Waals surface area (Å²) in [6, 6.07) is 10.5. The van der Waals surface area contributed by atoms with E-state index < -0.39 is 0 Å². The van der Waals surface area contributed by atoms with E-state index >= 15 is 0 Å². The smallest absolute Gasteiger partial charge is 0.107 e. The molecule has 0 aliphatic carbocycles. The van der Waals surface area contributed by atoms with Crippen LogP contribution in [0.15, 0.2) is 39.3 Å². The predicted octanol–water partition coefficient (Wildman–Crippen LogP) is 5.95. The second-order valence-electron chi connectivity index (χ2n) is 4.82. The first-order chi connectivity index (χ1) is 8.88. The summed E-state index contributed by atoms with van der Waals surface area (Å²) in [6.07, 6.45) is 0. The molecule has 1 aromatic carbocycles. The highest BCUT2D eigenvalue weighted by Gasteiger charge is 2.20. The number of hydrogen-bond donors (Lipinski definition) is 1. The van der Waals surface area contributed by atoms with Gasteiger partial charge in [-0.1, -0.05) is 39.7 Å². The van der Waals surface area contributed by atoms with Gasteiger partial charge in [-0.3, -0.25) is 0 Å². The maximum atomic E-state index is 6.05. The van der Waals surface area contributed by atoms with Gasteiger partial charge in [0.2, 0.25) is 0 Å². The fourth-order valence-corrected chi connectivity index (χ4v) is 3.75. The predicted molar refractivity (Wildman–Crippen MR) is 91.0 cm³/mol. The second kappa shape index (κ2) is 6.27. The number of benzene rings is 1. The van der Waals surface area contributed by atoms with Crippen LogP contribution >= 0.6 is 54.8 Å². The molecular formula is C14H14Br2ClNS. The van der Waals surface area contributed by atoms with Crippen molar-refractivity contribution in [3.63, 3.8) is 0 Å². The molecule has 1 nitrogen and oxygen atoms in total.